The molecule has 0 saturated heterocycles. The molecule has 2 unspecified atom stereocenters. The topological polar surface area (TPSA) is 37.3 Å². The largest absolute Gasteiger partial charge is 0.329 e. The van der Waals surface area contributed by atoms with Crippen LogP contribution in [-0.4, -0.2) is 15.4 Å². The highest BCUT2D eigenvalue weighted by Crippen LogP contribution is 2.70. The molecule has 23 heavy (non-hydrogen) atoms. The molecule has 0 saturated carbocycles. The third-order valence-corrected chi connectivity index (χ3v) is 10.5. The van der Waals surface area contributed by atoms with Crippen LogP contribution in [0.15, 0.2) is 47.6 Å². The van der Waals surface area contributed by atoms with Gasteiger partial charge in [0.25, 0.3) is 0 Å². The molecule has 0 aromatic heterocycles. The average molecular weight is 371 g/mol. The second-order valence-electron chi connectivity index (χ2n) is 7.66. The van der Waals surface area contributed by atoms with E-state index in [0.29, 0.717) is 0 Å². The van der Waals surface area contributed by atoms with Crippen molar-refractivity contribution in [3.8, 4) is 0 Å². The van der Waals surface area contributed by atoms with Crippen LogP contribution in [0.2, 0.25) is 0 Å². The third kappa shape index (κ3) is 5.42. The molecular formula is C18H27O2PS2. The average Bonchev–Trinajstić information content (AvgIpc) is 2.35. The number of rotatable bonds is 4. The predicted molar refractivity (Wildman–Crippen MR) is 106 cm³/mol. The first-order chi connectivity index (χ1) is 10.4. The minimum atomic E-state index is -3.34. The molecule has 2 aliphatic rings. The zero-order valence-corrected chi connectivity index (χ0v) is 17.3. The maximum absolute atomic E-state index is 12.7. The van der Waals surface area contributed by atoms with Crippen LogP contribution in [0.5, 0.6) is 0 Å². The Hall–Kier alpha value is -0.150. The second-order valence-corrected chi connectivity index (χ2v) is 15.0. The molecular weight excluding hydrogens is 343 g/mol. The molecule has 0 radical (unpaired) electrons. The molecule has 5 heteroatoms. The molecule has 1 N–H and O–H groups in total. The van der Waals surface area contributed by atoms with Crippen molar-refractivity contribution in [1.82, 2.24) is 0 Å². The standard InChI is InChI=1S/C18H27O2PS2/c1-13-11-17(3,4)9-7-15(13)22-21(19,20)23-16-8-10-18(5,6)12-14(16)2/h7-12,15-16H,1-6H3,(H,19,20). The fourth-order valence-electron chi connectivity index (χ4n) is 2.96. The monoisotopic (exact) mass is 370 g/mol. The van der Waals surface area contributed by atoms with E-state index in [9.17, 15) is 9.46 Å². The van der Waals surface area contributed by atoms with Gasteiger partial charge in [-0.1, -0.05) is 75.3 Å². The molecule has 0 bridgehead atoms. The second kappa shape index (κ2) is 6.63. The molecule has 0 aliphatic heterocycles. The van der Waals surface area contributed by atoms with Crippen molar-refractivity contribution >= 4 is 28.5 Å². The van der Waals surface area contributed by atoms with E-state index in [2.05, 4.69) is 64.2 Å². The summed E-state index contributed by atoms with van der Waals surface area (Å²) < 4.78 is 12.7. The van der Waals surface area contributed by atoms with Gasteiger partial charge in [0, 0.05) is 10.8 Å². The highest BCUT2D eigenvalue weighted by Gasteiger charge is 2.33. The first-order valence-electron chi connectivity index (χ1n) is 7.86. The fraction of sp³-hybridized carbons (Fsp3) is 0.556. The molecule has 0 aromatic carbocycles. The highest BCUT2D eigenvalue weighted by molar-refractivity contribution is 8.89. The lowest BCUT2D eigenvalue weighted by molar-refractivity contribution is 0.514. The molecule has 2 rings (SSSR count). The van der Waals surface area contributed by atoms with Gasteiger partial charge in [-0.2, -0.15) is 0 Å². The molecule has 0 amide bonds. The number of hydrogen-bond donors (Lipinski definition) is 1. The fourth-order valence-corrected chi connectivity index (χ4v) is 9.75. The van der Waals surface area contributed by atoms with Crippen LogP contribution in [-0.2, 0) is 4.57 Å². The summed E-state index contributed by atoms with van der Waals surface area (Å²) in [5.74, 6) is -3.34. The van der Waals surface area contributed by atoms with Gasteiger partial charge in [0.2, 0.25) is 0 Å². The molecule has 0 spiro atoms. The molecule has 0 aromatic rings. The van der Waals surface area contributed by atoms with Crippen molar-refractivity contribution in [2.75, 3.05) is 0 Å². The zero-order chi connectivity index (χ0) is 17.5. The Morgan fingerprint density at radius 1 is 0.913 bits per heavy atom. The summed E-state index contributed by atoms with van der Waals surface area (Å²) in [5, 5.41) is -0.0284. The third-order valence-electron chi connectivity index (χ3n) is 3.99. The summed E-state index contributed by atoms with van der Waals surface area (Å²) in [7, 11) is 0. The Labute approximate surface area is 148 Å². The molecule has 2 atom stereocenters. The van der Waals surface area contributed by atoms with Gasteiger partial charge in [-0.15, -0.1) is 0 Å². The van der Waals surface area contributed by atoms with Gasteiger partial charge in [0.05, 0.1) is 10.5 Å². The Morgan fingerprint density at radius 2 is 1.26 bits per heavy atom. The number of hydrogen-bond acceptors (Lipinski definition) is 3. The van der Waals surface area contributed by atoms with E-state index in [1.807, 2.05) is 13.8 Å². The van der Waals surface area contributed by atoms with Gasteiger partial charge in [-0.25, -0.2) is 0 Å². The normalized spacial score (nSPS) is 31.3. The summed E-state index contributed by atoms with van der Waals surface area (Å²) in [6.45, 7) is 12.7. The van der Waals surface area contributed by atoms with Crippen molar-refractivity contribution in [2.45, 2.75) is 52.0 Å². The maximum Gasteiger partial charge on any atom is 0.312 e. The van der Waals surface area contributed by atoms with E-state index < -0.39 is 5.77 Å². The lowest BCUT2D eigenvalue weighted by Gasteiger charge is -2.29. The minimum absolute atomic E-state index is 0.0142. The van der Waals surface area contributed by atoms with Crippen LogP contribution < -0.4 is 0 Å². The first kappa shape index (κ1) is 19.2. The van der Waals surface area contributed by atoms with E-state index >= 15 is 0 Å². The highest BCUT2D eigenvalue weighted by atomic mass is 33.1. The Balaban J connectivity index is 2.05. The summed E-state index contributed by atoms with van der Waals surface area (Å²) >= 11 is 2.37. The van der Waals surface area contributed by atoms with Gasteiger partial charge < -0.3 is 4.89 Å². The van der Waals surface area contributed by atoms with Crippen LogP contribution in [0.1, 0.15) is 41.5 Å². The van der Waals surface area contributed by atoms with E-state index in [4.69, 9.17) is 0 Å². The molecule has 2 nitrogen and oxygen atoms in total. The van der Waals surface area contributed by atoms with Crippen LogP contribution in [0.3, 0.4) is 0 Å². The van der Waals surface area contributed by atoms with Gasteiger partial charge >= 0.3 is 5.77 Å². The quantitative estimate of drug-likeness (QED) is 0.460. The van der Waals surface area contributed by atoms with Crippen LogP contribution >= 0.6 is 28.5 Å². The van der Waals surface area contributed by atoms with Gasteiger partial charge in [-0.05, 0) is 36.6 Å². The summed E-state index contributed by atoms with van der Waals surface area (Å²) in [6.07, 6.45) is 12.7. The van der Waals surface area contributed by atoms with Crippen LogP contribution in [0, 0.1) is 10.8 Å². The van der Waals surface area contributed by atoms with Crippen molar-refractivity contribution < 1.29 is 9.46 Å². The summed E-state index contributed by atoms with van der Waals surface area (Å²) in [5.41, 5.74) is 2.38. The Bertz CT molecular complexity index is 589. The Kier molecular flexibility index (Phi) is 5.53. The smallest absolute Gasteiger partial charge is 0.312 e. The predicted octanol–water partition coefficient (Wildman–Crippen LogP) is 6.38. The molecule has 0 heterocycles. The van der Waals surface area contributed by atoms with Gasteiger partial charge in [-0.3, -0.25) is 4.57 Å². The number of allylic oxidation sites excluding steroid dienone is 4. The Morgan fingerprint density at radius 3 is 1.57 bits per heavy atom. The lowest BCUT2D eigenvalue weighted by atomic mass is 9.86. The molecule has 128 valence electrons. The van der Waals surface area contributed by atoms with Crippen molar-refractivity contribution in [3.63, 3.8) is 0 Å². The van der Waals surface area contributed by atoms with E-state index in [-0.39, 0.29) is 21.3 Å². The summed E-state index contributed by atoms with van der Waals surface area (Å²) in [4.78, 5) is 10.5. The van der Waals surface area contributed by atoms with Crippen LogP contribution in [0.25, 0.3) is 0 Å². The van der Waals surface area contributed by atoms with Crippen LogP contribution in [0.4, 0.5) is 0 Å². The molecule has 0 fully saturated rings. The SMILES string of the molecule is CC1=CC(C)(C)C=CC1SP(=O)(O)SC1C=CC(C)(C)C=C1C. The lowest BCUT2D eigenvalue weighted by Crippen LogP contribution is -2.15. The van der Waals surface area contributed by atoms with Gasteiger partial charge in [0.1, 0.15) is 0 Å². The van der Waals surface area contributed by atoms with E-state index in [0.717, 1.165) is 11.1 Å². The van der Waals surface area contributed by atoms with Gasteiger partial charge in [0.15, 0.2) is 0 Å². The van der Waals surface area contributed by atoms with E-state index in [1.165, 1.54) is 22.8 Å². The zero-order valence-electron chi connectivity index (χ0n) is 14.7. The van der Waals surface area contributed by atoms with Crippen molar-refractivity contribution in [3.05, 3.63) is 47.6 Å². The van der Waals surface area contributed by atoms with Crippen molar-refractivity contribution in [1.29, 1.82) is 0 Å². The maximum atomic E-state index is 12.7. The summed E-state index contributed by atoms with van der Waals surface area (Å²) in [6, 6.07) is 0. The first-order valence-corrected chi connectivity index (χ1v) is 12.5. The van der Waals surface area contributed by atoms with Crippen molar-refractivity contribution in [2.24, 2.45) is 10.8 Å². The van der Waals surface area contributed by atoms with E-state index in [1.54, 1.807) is 0 Å². The molecule has 2 aliphatic carbocycles. The minimum Gasteiger partial charge on any atom is -0.329 e.